The maximum Gasteiger partial charge on any atom is 0.289 e. The number of rotatable bonds is 2. The van der Waals surface area contributed by atoms with Crippen molar-refractivity contribution in [3.8, 4) is 22.8 Å². The summed E-state index contributed by atoms with van der Waals surface area (Å²) >= 11 is 0. The smallest absolute Gasteiger partial charge is 0.289 e. The monoisotopic (exact) mass is 354 g/mol. The van der Waals surface area contributed by atoms with Gasteiger partial charge in [-0.3, -0.25) is 0 Å². The van der Waals surface area contributed by atoms with Gasteiger partial charge in [0.2, 0.25) is 5.89 Å². The Labute approximate surface area is 157 Å². The zero-order chi connectivity index (χ0) is 18.5. The Kier molecular flexibility index (Phi) is 3.41. The predicted molar refractivity (Wildman–Crippen MR) is 107 cm³/mol. The summed E-state index contributed by atoms with van der Waals surface area (Å²) < 4.78 is 10.6. The number of para-hydroxylation sites is 2. The van der Waals surface area contributed by atoms with Gasteiger partial charge in [0.05, 0.1) is 19.7 Å². The second-order valence-electron chi connectivity index (χ2n) is 6.95. The van der Waals surface area contributed by atoms with Crippen LogP contribution in [-0.4, -0.2) is 9.55 Å². The molecule has 0 saturated carbocycles. The average molecular weight is 354 g/mol. The van der Waals surface area contributed by atoms with E-state index >= 15 is 0 Å². The number of hydrogen-bond acceptors (Lipinski definition) is 2. The first-order chi connectivity index (χ1) is 13.1. The first-order valence-corrected chi connectivity index (χ1v) is 9.04. The van der Waals surface area contributed by atoms with Gasteiger partial charge >= 0.3 is 0 Å². The lowest BCUT2D eigenvalue weighted by Gasteiger charge is -2.03. The first kappa shape index (κ1) is 15.8. The molecule has 0 radical (unpaired) electrons. The van der Waals surface area contributed by atoms with Crippen LogP contribution in [0.4, 0.5) is 0 Å². The van der Waals surface area contributed by atoms with Crippen molar-refractivity contribution < 1.29 is 8.98 Å². The third-order valence-electron chi connectivity index (χ3n) is 5.24. The zero-order valence-corrected chi connectivity index (χ0v) is 15.6. The van der Waals surface area contributed by atoms with Crippen molar-refractivity contribution in [3.63, 3.8) is 0 Å². The molecular weight excluding hydrogens is 334 g/mol. The van der Waals surface area contributed by atoms with Crippen LogP contribution >= 0.6 is 0 Å². The fourth-order valence-electron chi connectivity index (χ4n) is 3.87. The Morgan fingerprint density at radius 3 is 2.48 bits per heavy atom. The lowest BCUT2D eigenvalue weighted by Crippen LogP contribution is -2.30. The van der Waals surface area contributed by atoms with Gasteiger partial charge in [-0.2, -0.15) is 0 Å². The molecule has 5 rings (SSSR count). The normalized spacial score (nSPS) is 11.5. The number of hydrogen-bond donors (Lipinski definition) is 0. The van der Waals surface area contributed by atoms with Gasteiger partial charge in [-0.1, -0.05) is 30.3 Å². The van der Waals surface area contributed by atoms with Crippen molar-refractivity contribution >= 4 is 22.1 Å². The van der Waals surface area contributed by atoms with Crippen molar-refractivity contribution in [2.45, 2.75) is 6.92 Å². The van der Waals surface area contributed by atoms with Crippen molar-refractivity contribution in [1.82, 2.24) is 9.55 Å². The summed E-state index contributed by atoms with van der Waals surface area (Å²) in [6, 6.07) is 22.7. The minimum Gasteiger partial charge on any atom is -0.436 e. The number of fused-ring (bicyclic) bond motifs is 2. The SMILES string of the molecule is Cc1cc2nc(-c3ccccc3)oc2cc1-c1n(C)c2ccccc2[n+]1C. The molecule has 0 amide bonds. The minimum atomic E-state index is 0.656. The van der Waals surface area contributed by atoms with Crippen molar-refractivity contribution in [3.05, 3.63) is 72.3 Å². The second-order valence-corrected chi connectivity index (χ2v) is 6.95. The third-order valence-corrected chi connectivity index (χ3v) is 5.24. The van der Waals surface area contributed by atoms with Crippen LogP contribution in [0.25, 0.3) is 45.0 Å². The quantitative estimate of drug-likeness (QED) is 0.427. The molecule has 0 saturated heterocycles. The molecule has 0 atom stereocenters. The molecule has 3 aromatic carbocycles. The van der Waals surface area contributed by atoms with Crippen molar-refractivity contribution in [1.29, 1.82) is 0 Å². The van der Waals surface area contributed by atoms with Crippen LogP contribution in [0.15, 0.2) is 71.1 Å². The van der Waals surface area contributed by atoms with Crippen LogP contribution in [0.2, 0.25) is 0 Å². The number of oxazole rings is 1. The summed E-state index contributed by atoms with van der Waals surface area (Å²) in [6.07, 6.45) is 0. The summed E-state index contributed by atoms with van der Waals surface area (Å²) in [5, 5.41) is 0. The van der Waals surface area contributed by atoms with Gasteiger partial charge in [0.25, 0.3) is 5.82 Å². The topological polar surface area (TPSA) is 34.8 Å². The number of benzene rings is 3. The van der Waals surface area contributed by atoms with Crippen LogP contribution in [0, 0.1) is 6.92 Å². The van der Waals surface area contributed by atoms with Crippen molar-refractivity contribution in [2.75, 3.05) is 0 Å². The highest BCUT2D eigenvalue weighted by Gasteiger charge is 2.24. The molecule has 27 heavy (non-hydrogen) atoms. The van der Waals surface area contributed by atoms with Gasteiger partial charge in [0, 0.05) is 5.56 Å². The van der Waals surface area contributed by atoms with E-state index in [-0.39, 0.29) is 0 Å². The van der Waals surface area contributed by atoms with Crippen molar-refractivity contribution in [2.24, 2.45) is 14.1 Å². The molecule has 5 aromatic rings. The number of aromatic nitrogens is 3. The molecule has 0 spiro atoms. The molecular formula is C23H20N3O+. The first-order valence-electron chi connectivity index (χ1n) is 9.04. The molecule has 0 aliphatic heterocycles. The summed E-state index contributed by atoms with van der Waals surface area (Å²) in [6.45, 7) is 2.13. The Hall–Kier alpha value is -3.40. The average Bonchev–Trinajstić information content (AvgIpc) is 3.21. The molecule has 0 fully saturated rings. The van der Waals surface area contributed by atoms with E-state index in [0.29, 0.717) is 5.89 Å². The van der Waals surface area contributed by atoms with E-state index in [1.165, 1.54) is 16.6 Å². The zero-order valence-electron chi connectivity index (χ0n) is 15.6. The molecule has 0 bridgehead atoms. The van der Waals surface area contributed by atoms with Gasteiger partial charge in [-0.15, -0.1) is 0 Å². The molecule has 0 aliphatic carbocycles. The van der Waals surface area contributed by atoms with E-state index in [0.717, 1.165) is 28.1 Å². The molecule has 4 heteroatoms. The summed E-state index contributed by atoms with van der Waals surface area (Å²) in [5.41, 5.74) is 7.42. The van der Waals surface area contributed by atoms with E-state index < -0.39 is 0 Å². The van der Waals surface area contributed by atoms with E-state index in [1.807, 2.05) is 30.3 Å². The van der Waals surface area contributed by atoms with Gasteiger partial charge in [-0.25, -0.2) is 14.1 Å². The highest BCUT2D eigenvalue weighted by Crippen LogP contribution is 2.31. The summed E-state index contributed by atoms with van der Waals surface area (Å²) in [7, 11) is 4.22. The molecule has 2 aromatic heterocycles. The molecule has 2 heterocycles. The lowest BCUT2D eigenvalue weighted by atomic mass is 10.1. The van der Waals surface area contributed by atoms with Crippen LogP contribution in [0.1, 0.15) is 5.56 Å². The van der Waals surface area contributed by atoms with E-state index in [2.05, 4.69) is 71.5 Å². The predicted octanol–water partition coefficient (Wildman–Crippen LogP) is 4.79. The number of imidazole rings is 1. The van der Waals surface area contributed by atoms with Crippen LogP contribution in [0.3, 0.4) is 0 Å². The molecule has 132 valence electrons. The van der Waals surface area contributed by atoms with Gasteiger partial charge in [0.15, 0.2) is 16.6 Å². The molecule has 0 unspecified atom stereocenters. The summed E-state index contributed by atoms with van der Waals surface area (Å²) in [5.74, 6) is 1.80. The highest BCUT2D eigenvalue weighted by atomic mass is 16.3. The van der Waals surface area contributed by atoms with Crippen LogP contribution in [0.5, 0.6) is 0 Å². The maximum atomic E-state index is 6.10. The number of nitrogens with zero attached hydrogens (tertiary/aromatic N) is 3. The minimum absolute atomic E-state index is 0.656. The van der Waals surface area contributed by atoms with Gasteiger partial charge in [-0.05, 0) is 48.9 Å². The highest BCUT2D eigenvalue weighted by molar-refractivity contribution is 5.84. The fourth-order valence-corrected chi connectivity index (χ4v) is 3.87. The molecule has 0 N–H and O–H groups in total. The largest absolute Gasteiger partial charge is 0.436 e. The third kappa shape index (κ3) is 2.37. The Balaban J connectivity index is 1.74. The van der Waals surface area contributed by atoms with E-state index in [4.69, 9.17) is 4.42 Å². The second kappa shape index (κ2) is 5.81. The molecule has 4 nitrogen and oxygen atoms in total. The van der Waals surface area contributed by atoms with Crippen LogP contribution in [-0.2, 0) is 14.1 Å². The maximum absolute atomic E-state index is 6.10. The van der Waals surface area contributed by atoms with Crippen LogP contribution < -0.4 is 4.57 Å². The van der Waals surface area contributed by atoms with Gasteiger partial charge in [0.1, 0.15) is 5.52 Å². The Morgan fingerprint density at radius 1 is 0.963 bits per heavy atom. The summed E-state index contributed by atoms with van der Waals surface area (Å²) in [4.78, 5) is 4.69. The van der Waals surface area contributed by atoms with Gasteiger partial charge < -0.3 is 4.42 Å². The van der Waals surface area contributed by atoms with E-state index in [1.54, 1.807) is 0 Å². The Morgan fingerprint density at radius 2 is 1.70 bits per heavy atom. The number of aryl methyl sites for hydroxylation is 3. The standard InChI is InChI=1S/C23H20N3O/c1-15-13-18-21(27-22(24-18)16-9-5-4-6-10-16)14-17(15)23-25(2)19-11-7-8-12-20(19)26(23)3/h4-14H,1-3H3/q+1. The fraction of sp³-hybridized carbons (Fsp3) is 0.130. The lowest BCUT2D eigenvalue weighted by molar-refractivity contribution is -0.634. The Bertz CT molecular complexity index is 1260. The van der Waals surface area contributed by atoms with E-state index in [9.17, 15) is 0 Å². The molecule has 0 aliphatic rings.